The van der Waals surface area contributed by atoms with Gasteiger partial charge in [-0.05, 0) is 72.6 Å². The van der Waals surface area contributed by atoms with Gasteiger partial charge in [-0.25, -0.2) is 4.21 Å². The Kier molecular flexibility index (Phi) is 6.82. The van der Waals surface area contributed by atoms with E-state index in [1.165, 1.54) is 7.11 Å². The van der Waals surface area contributed by atoms with Crippen molar-refractivity contribution in [1.29, 1.82) is 0 Å². The quantitative estimate of drug-likeness (QED) is 0.331. The van der Waals surface area contributed by atoms with Crippen molar-refractivity contribution in [3.05, 3.63) is 112 Å². The monoisotopic (exact) mass is 530 g/mol. The molecule has 1 aliphatic rings. The first-order chi connectivity index (χ1) is 17.9. The predicted octanol–water partition coefficient (Wildman–Crippen LogP) is 6.24. The molecule has 1 aliphatic heterocycles. The van der Waals surface area contributed by atoms with E-state index in [1.807, 2.05) is 31.2 Å². The van der Waals surface area contributed by atoms with E-state index in [1.54, 1.807) is 65.6 Å². The average Bonchev–Trinajstić information content (AvgIpc) is 2.98. The highest BCUT2D eigenvalue weighted by Gasteiger charge is 2.31. The van der Waals surface area contributed by atoms with Gasteiger partial charge in [0.2, 0.25) is 0 Å². The molecule has 1 heterocycles. The number of benzene rings is 4. The molecule has 0 fully saturated rings. The number of carbonyl (C=O) groups is 2. The molecular formula is C29H23ClN2O4S. The van der Waals surface area contributed by atoms with Crippen LogP contribution in [0.2, 0.25) is 5.02 Å². The normalized spacial score (nSPS) is 14.4. The molecule has 0 spiro atoms. The van der Waals surface area contributed by atoms with E-state index in [2.05, 4.69) is 5.32 Å². The van der Waals surface area contributed by atoms with E-state index >= 15 is 0 Å². The van der Waals surface area contributed by atoms with Crippen LogP contribution in [0, 0.1) is 6.92 Å². The molecule has 0 unspecified atom stereocenters. The van der Waals surface area contributed by atoms with Gasteiger partial charge in [-0.15, -0.1) is 0 Å². The van der Waals surface area contributed by atoms with Crippen molar-refractivity contribution in [3.8, 4) is 5.75 Å². The van der Waals surface area contributed by atoms with Crippen molar-refractivity contribution in [3.63, 3.8) is 0 Å². The zero-order valence-electron chi connectivity index (χ0n) is 20.2. The van der Waals surface area contributed by atoms with Crippen LogP contribution in [0.15, 0.2) is 94.7 Å². The number of ether oxygens (including phenoxy) is 1. The number of nitrogens with zero attached hydrogens (tertiary/aromatic N) is 1. The summed E-state index contributed by atoms with van der Waals surface area (Å²) in [5, 5.41) is 3.44. The lowest BCUT2D eigenvalue weighted by molar-refractivity contribution is 0.0979. The molecule has 0 radical (unpaired) electrons. The number of rotatable bonds is 5. The molecule has 37 heavy (non-hydrogen) atoms. The number of fused-ring (bicyclic) bond motifs is 2. The predicted molar refractivity (Wildman–Crippen MR) is 145 cm³/mol. The number of amides is 2. The van der Waals surface area contributed by atoms with Crippen LogP contribution >= 0.6 is 11.6 Å². The number of hydrogen-bond donors (Lipinski definition) is 1. The molecule has 0 aliphatic carbocycles. The first-order valence-electron chi connectivity index (χ1n) is 11.5. The zero-order valence-corrected chi connectivity index (χ0v) is 21.7. The van der Waals surface area contributed by atoms with Gasteiger partial charge >= 0.3 is 0 Å². The molecule has 5 rings (SSSR count). The molecule has 0 saturated heterocycles. The van der Waals surface area contributed by atoms with Gasteiger partial charge in [-0.3, -0.25) is 9.59 Å². The summed E-state index contributed by atoms with van der Waals surface area (Å²) in [6.07, 6.45) is 0. The number of anilines is 2. The van der Waals surface area contributed by atoms with Gasteiger partial charge < -0.3 is 15.0 Å². The number of hydrogen-bond acceptors (Lipinski definition) is 4. The van der Waals surface area contributed by atoms with E-state index in [0.717, 1.165) is 11.1 Å². The summed E-state index contributed by atoms with van der Waals surface area (Å²) in [5.41, 5.74) is 3.37. The SMILES string of the molecule is COc1ccc(C)cc1NC(=O)c1ccc2c(c1)N(Cc1cccc(Cl)c1)C(=O)c1ccccc1[S@]2=O. The van der Waals surface area contributed by atoms with Crippen LogP contribution in [0.1, 0.15) is 31.8 Å². The standard InChI is InChI=1S/C29H23ClN2O4S/c1-18-10-12-25(36-2)23(14-18)31-28(33)20-11-13-27-24(16-20)32(17-19-6-5-7-21(30)15-19)29(34)22-8-3-4-9-26(22)37(27)35/h3-16H,17H2,1-2H3,(H,31,33)/t37-/m1/s1. The summed E-state index contributed by atoms with van der Waals surface area (Å²) in [6, 6.07) is 24.5. The molecule has 0 aromatic heterocycles. The van der Waals surface area contributed by atoms with Crippen LogP contribution in [0.4, 0.5) is 11.4 Å². The molecule has 186 valence electrons. The molecular weight excluding hydrogens is 508 g/mol. The van der Waals surface area contributed by atoms with Crippen LogP contribution in [0.5, 0.6) is 5.75 Å². The fraction of sp³-hybridized carbons (Fsp3) is 0.103. The largest absolute Gasteiger partial charge is 0.495 e. The molecule has 2 amide bonds. The lowest BCUT2D eigenvalue weighted by atomic mass is 10.1. The van der Waals surface area contributed by atoms with Crippen molar-refractivity contribution in [2.24, 2.45) is 0 Å². The number of methoxy groups -OCH3 is 1. The average molecular weight is 531 g/mol. The van der Waals surface area contributed by atoms with Crippen molar-refractivity contribution in [2.45, 2.75) is 23.3 Å². The maximum atomic E-state index is 13.8. The summed E-state index contributed by atoms with van der Waals surface area (Å²) >= 11 is 6.20. The second-order valence-electron chi connectivity index (χ2n) is 8.63. The van der Waals surface area contributed by atoms with E-state index in [0.29, 0.717) is 43.1 Å². The molecule has 1 atom stereocenters. The van der Waals surface area contributed by atoms with Gasteiger partial charge in [0.25, 0.3) is 11.8 Å². The molecule has 4 aromatic rings. The fourth-order valence-corrected chi connectivity index (χ4v) is 5.85. The van der Waals surface area contributed by atoms with E-state index in [9.17, 15) is 13.8 Å². The van der Waals surface area contributed by atoms with Crippen molar-refractivity contribution in [2.75, 3.05) is 17.3 Å². The third kappa shape index (κ3) is 4.88. The third-order valence-corrected chi connectivity index (χ3v) is 7.84. The van der Waals surface area contributed by atoms with E-state index < -0.39 is 10.8 Å². The van der Waals surface area contributed by atoms with Gasteiger partial charge in [0.05, 0.1) is 51.2 Å². The molecule has 1 N–H and O–H groups in total. The van der Waals surface area contributed by atoms with Gasteiger partial charge in [0.15, 0.2) is 0 Å². The zero-order chi connectivity index (χ0) is 26.1. The van der Waals surface area contributed by atoms with Crippen LogP contribution in [0.3, 0.4) is 0 Å². The minimum absolute atomic E-state index is 0.189. The Morgan fingerprint density at radius 2 is 1.78 bits per heavy atom. The Balaban J connectivity index is 1.60. The number of halogens is 1. The summed E-state index contributed by atoms with van der Waals surface area (Å²) in [5.74, 6) is -0.155. The van der Waals surface area contributed by atoms with E-state index in [-0.39, 0.29) is 18.4 Å². The fourth-order valence-electron chi connectivity index (χ4n) is 4.29. The van der Waals surface area contributed by atoms with Gasteiger partial charge in [-0.1, -0.05) is 41.9 Å². The van der Waals surface area contributed by atoms with Crippen LogP contribution in [0.25, 0.3) is 0 Å². The number of carbonyl (C=O) groups excluding carboxylic acids is 2. The maximum absolute atomic E-state index is 13.8. The lowest BCUT2D eigenvalue weighted by Gasteiger charge is -2.24. The van der Waals surface area contributed by atoms with Crippen molar-refractivity contribution >= 4 is 45.6 Å². The Morgan fingerprint density at radius 1 is 0.973 bits per heavy atom. The Labute approximate surface area is 222 Å². The first kappa shape index (κ1) is 24.7. The molecule has 4 aromatic carbocycles. The lowest BCUT2D eigenvalue weighted by Crippen LogP contribution is -2.30. The van der Waals surface area contributed by atoms with Gasteiger partial charge in [0.1, 0.15) is 5.75 Å². The summed E-state index contributed by atoms with van der Waals surface area (Å²) in [6.45, 7) is 2.11. The maximum Gasteiger partial charge on any atom is 0.259 e. The number of aryl methyl sites for hydroxylation is 1. The van der Waals surface area contributed by atoms with Crippen LogP contribution < -0.4 is 15.0 Å². The summed E-state index contributed by atoms with van der Waals surface area (Å²) in [4.78, 5) is 29.5. The minimum atomic E-state index is -1.62. The second-order valence-corrected chi connectivity index (χ2v) is 10.5. The highest BCUT2D eigenvalue weighted by atomic mass is 35.5. The number of nitrogens with one attached hydrogen (secondary N) is 1. The minimum Gasteiger partial charge on any atom is -0.495 e. The third-order valence-electron chi connectivity index (χ3n) is 6.11. The topological polar surface area (TPSA) is 75.7 Å². The van der Waals surface area contributed by atoms with Gasteiger partial charge in [-0.2, -0.15) is 0 Å². The highest BCUT2D eigenvalue weighted by molar-refractivity contribution is 7.85. The molecule has 0 saturated carbocycles. The first-order valence-corrected chi connectivity index (χ1v) is 13.1. The van der Waals surface area contributed by atoms with E-state index in [4.69, 9.17) is 16.3 Å². The summed E-state index contributed by atoms with van der Waals surface area (Å²) < 4.78 is 19.0. The van der Waals surface area contributed by atoms with Gasteiger partial charge in [0, 0.05) is 10.6 Å². The van der Waals surface area contributed by atoms with Crippen molar-refractivity contribution in [1.82, 2.24) is 0 Å². The Hall–Kier alpha value is -3.94. The highest BCUT2D eigenvalue weighted by Crippen LogP contribution is 2.36. The van der Waals surface area contributed by atoms with Crippen molar-refractivity contribution < 1.29 is 18.5 Å². The smallest absolute Gasteiger partial charge is 0.259 e. The van der Waals surface area contributed by atoms with Crippen LogP contribution in [-0.4, -0.2) is 23.1 Å². The Bertz CT molecular complexity index is 1570. The molecule has 0 bridgehead atoms. The summed E-state index contributed by atoms with van der Waals surface area (Å²) in [7, 11) is -0.0824. The van der Waals surface area contributed by atoms with Crippen LogP contribution in [-0.2, 0) is 17.3 Å². The second kappa shape index (κ2) is 10.2. The Morgan fingerprint density at radius 3 is 2.57 bits per heavy atom. The molecule has 6 nitrogen and oxygen atoms in total. The molecule has 8 heteroatoms.